The molecule has 0 spiro atoms. The third kappa shape index (κ3) is 6.69. The molecule has 33 heavy (non-hydrogen) atoms. The second-order valence-corrected chi connectivity index (χ2v) is 8.73. The standard InChI is InChI=1S/C25H28N4O3S/c1-31-21-12-9-19(10-13-21)11-14-24(30)26-16-23-27-28-25(33-18-22-8-5-15-32-22)29(23)17-20-6-3-2-4-7-20/h2-4,6-7,9-14,22H,5,8,15-18H2,1H3,(H,26,30). The number of hydrogen-bond donors (Lipinski definition) is 1. The molecule has 2 aromatic carbocycles. The summed E-state index contributed by atoms with van der Waals surface area (Å²) >= 11 is 1.66. The van der Waals surface area contributed by atoms with Crippen LogP contribution < -0.4 is 10.1 Å². The Morgan fingerprint density at radius 3 is 2.76 bits per heavy atom. The van der Waals surface area contributed by atoms with Crippen molar-refractivity contribution in [2.45, 2.75) is 37.2 Å². The Hall–Kier alpha value is -3.10. The van der Waals surface area contributed by atoms with Crippen molar-refractivity contribution in [2.24, 2.45) is 0 Å². The predicted octanol–water partition coefficient (Wildman–Crippen LogP) is 3.94. The number of thioether (sulfide) groups is 1. The second kappa shape index (κ2) is 11.7. The quantitative estimate of drug-likeness (QED) is 0.362. The van der Waals surface area contributed by atoms with Crippen LogP contribution in [0.15, 0.2) is 65.8 Å². The van der Waals surface area contributed by atoms with Gasteiger partial charge in [-0.25, -0.2) is 0 Å². The van der Waals surface area contributed by atoms with E-state index in [1.54, 1.807) is 24.9 Å². The van der Waals surface area contributed by atoms with Crippen molar-refractivity contribution in [1.82, 2.24) is 20.1 Å². The highest BCUT2D eigenvalue weighted by atomic mass is 32.2. The maximum atomic E-state index is 12.4. The van der Waals surface area contributed by atoms with Gasteiger partial charge in [-0.1, -0.05) is 54.2 Å². The molecule has 1 unspecified atom stereocenters. The largest absolute Gasteiger partial charge is 0.497 e. The van der Waals surface area contributed by atoms with Crippen molar-refractivity contribution in [3.05, 3.63) is 77.6 Å². The molecule has 4 rings (SSSR count). The highest BCUT2D eigenvalue weighted by Gasteiger charge is 2.19. The Morgan fingerprint density at radius 2 is 2.03 bits per heavy atom. The fourth-order valence-corrected chi connectivity index (χ4v) is 4.56. The lowest BCUT2D eigenvalue weighted by atomic mass is 10.2. The van der Waals surface area contributed by atoms with Crippen LogP contribution >= 0.6 is 11.8 Å². The van der Waals surface area contributed by atoms with Crippen molar-refractivity contribution in [1.29, 1.82) is 0 Å². The van der Waals surface area contributed by atoms with Crippen molar-refractivity contribution in [2.75, 3.05) is 19.5 Å². The van der Waals surface area contributed by atoms with Crippen LogP contribution in [0.2, 0.25) is 0 Å². The molecular formula is C25H28N4O3S. The first-order chi connectivity index (χ1) is 16.2. The molecule has 0 radical (unpaired) electrons. The van der Waals surface area contributed by atoms with Gasteiger partial charge in [0.1, 0.15) is 5.75 Å². The number of nitrogens with zero attached hydrogens (tertiary/aromatic N) is 3. The summed E-state index contributed by atoms with van der Waals surface area (Å²) in [6.07, 6.45) is 5.76. The molecule has 1 atom stereocenters. The lowest BCUT2D eigenvalue weighted by Gasteiger charge is -2.12. The minimum absolute atomic E-state index is 0.186. The summed E-state index contributed by atoms with van der Waals surface area (Å²) < 4.78 is 13.0. The Kier molecular flexibility index (Phi) is 8.16. The summed E-state index contributed by atoms with van der Waals surface area (Å²) in [5.74, 6) is 2.17. The van der Waals surface area contributed by atoms with E-state index in [1.807, 2.05) is 42.5 Å². The first-order valence-corrected chi connectivity index (χ1v) is 12.0. The number of hydrogen-bond acceptors (Lipinski definition) is 6. The molecule has 2 heterocycles. The summed E-state index contributed by atoms with van der Waals surface area (Å²) in [7, 11) is 1.63. The van der Waals surface area contributed by atoms with Crippen LogP contribution in [0, 0.1) is 0 Å². The van der Waals surface area contributed by atoms with Crippen LogP contribution in [-0.2, 0) is 22.6 Å². The van der Waals surface area contributed by atoms with Gasteiger partial charge >= 0.3 is 0 Å². The van der Waals surface area contributed by atoms with Crippen molar-refractivity contribution < 1.29 is 14.3 Å². The second-order valence-electron chi connectivity index (χ2n) is 7.74. The van der Waals surface area contributed by atoms with Crippen LogP contribution in [0.3, 0.4) is 0 Å². The average molecular weight is 465 g/mol. The lowest BCUT2D eigenvalue weighted by molar-refractivity contribution is -0.116. The molecular weight excluding hydrogens is 436 g/mol. The average Bonchev–Trinajstić information content (AvgIpc) is 3.51. The van der Waals surface area contributed by atoms with E-state index in [0.29, 0.717) is 13.1 Å². The molecule has 0 bridgehead atoms. The highest BCUT2D eigenvalue weighted by molar-refractivity contribution is 7.99. The summed E-state index contributed by atoms with van der Waals surface area (Å²) in [6, 6.07) is 17.7. The number of amides is 1. The number of nitrogens with one attached hydrogen (secondary N) is 1. The molecule has 0 saturated carbocycles. The molecule has 1 aliphatic heterocycles. The SMILES string of the molecule is COc1ccc(C=CC(=O)NCc2nnc(SCC3CCCO3)n2Cc2ccccc2)cc1. The van der Waals surface area contributed by atoms with Crippen LogP contribution in [0.25, 0.3) is 6.08 Å². The maximum Gasteiger partial charge on any atom is 0.244 e. The fourth-order valence-electron chi connectivity index (χ4n) is 3.54. The van der Waals surface area contributed by atoms with Crippen molar-refractivity contribution in [3.8, 4) is 5.75 Å². The van der Waals surface area contributed by atoms with E-state index in [9.17, 15) is 4.79 Å². The zero-order valence-electron chi connectivity index (χ0n) is 18.6. The van der Waals surface area contributed by atoms with Crippen LogP contribution in [-0.4, -0.2) is 46.2 Å². The summed E-state index contributed by atoms with van der Waals surface area (Å²) in [4.78, 5) is 12.4. The Morgan fingerprint density at radius 1 is 1.21 bits per heavy atom. The van der Waals surface area contributed by atoms with Gasteiger partial charge in [-0.3, -0.25) is 4.79 Å². The number of benzene rings is 2. The summed E-state index contributed by atoms with van der Waals surface area (Å²) in [5.41, 5.74) is 2.08. The molecule has 1 fully saturated rings. The topological polar surface area (TPSA) is 78.3 Å². The first kappa shape index (κ1) is 23.1. The van der Waals surface area contributed by atoms with Crippen LogP contribution in [0.4, 0.5) is 0 Å². The summed E-state index contributed by atoms with van der Waals surface area (Å²) in [6.45, 7) is 1.78. The van der Waals surface area contributed by atoms with Gasteiger partial charge in [-0.05, 0) is 42.2 Å². The molecule has 172 valence electrons. The number of carbonyl (C=O) groups is 1. The minimum atomic E-state index is -0.186. The van der Waals surface area contributed by atoms with Gasteiger partial charge in [0.2, 0.25) is 5.91 Å². The van der Waals surface area contributed by atoms with Crippen molar-refractivity contribution in [3.63, 3.8) is 0 Å². The van der Waals surface area contributed by atoms with Crippen molar-refractivity contribution >= 4 is 23.7 Å². The molecule has 0 aliphatic carbocycles. The molecule has 1 saturated heterocycles. The van der Waals surface area contributed by atoms with Gasteiger partial charge in [0.05, 0.1) is 26.3 Å². The molecule has 1 amide bonds. The van der Waals surface area contributed by atoms with Gasteiger partial charge in [-0.15, -0.1) is 10.2 Å². The van der Waals surface area contributed by atoms with E-state index in [2.05, 4.69) is 32.2 Å². The van der Waals surface area contributed by atoms with E-state index >= 15 is 0 Å². The number of carbonyl (C=O) groups excluding carboxylic acids is 1. The Bertz CT molecular complexity index is 1060. The van der Waals surface area contributed by atoms with E-state index in [1.165, 1.54) is 6.08 Å². The summed E-state index contributed by atoms with van der Waals surface area (Å²) in [5, 5.41) is 12.5. The molecule has 7 nitrogen and oxygen atoms in total. The van der Waals surface area contributed by atoms with E-state index in [0.717, 1.165) is 53.1 Å². The third-order valence-electron chi connectivity index (χ3n) is 5.36. The van der Waals surface area contributed by atoms with Crippen LogP contribution in [0.1, 0.15) is 29.8 Å². The van der Waals surface area contributed by atoms with E-state index < -0.39 is 0 Å². The lowest BCUT2D eigenvalue weighted by Crippen LogP contribution is -2.23. The number of methoxy groups -OCH3 is 1. The first-order valence-electron chi connectivity index (χ1n) is 11.0. The Labute approximate surface area is 198 Å². The number of aromatic nitrogens is 3. The fraction of sp³-hybridized carbons (Fsp3) is 0.320. The number of ether oxygens (including phenoxy) is 2. The van der Waals surface area contributed by atoms with Gasteiger partial charge in [0.15, 0.2) is 11.0 Å². The number of rotatable bonds is 10. The van der Waals surface area contributed by atoms with Gasteiger partial charge in [0.25, 0.3) is 0 Å². The van der Waals surface area contributed by atoms with E-state index in [4.69, 9.17) is 9.47 Å². The maximum absolute atomic E-state index is 12.4. The minimum Gasteiger partial charge on any atom is -0.497 e. The third-order valence-corrected chi connectivity index (χ3v) is 6.46. The predicted molar refractivity (Wildman–Crippen MR) is 129 cm³/mol. The normalized spacial score (nSPS) is 15.7. The zero-order valence-corrected chi connectivity index (χ0v) is 19.5. The molecule has 8 heteroatoms. The molecule has 1 N–H and O–H groups in total. The van der Waals surface area contributed by atoms with Gasteiger partial charge < -0.3 is 19.4 Å². The highest BCUT2D eigenvalue weighted by Crippen LogP contribution is 2.24. The van der Waals surface area contributed by atoms with Gasteiger partial charge in [-0.2, -0.15) is 0 Å². The van der Waals surface area contributed by atoms with E-state index in [-0.39, 0.29) is 12.0 Å². The monoisotopic (exact) mass is 464 g/mol. The molecule has 1 aromatic heterocycles. The molecule has 1 aliphatic rings. The smallest absolute Gasteiger partial charge is 0.244 e. The van der Waals surface area contributed by atoms with Gasteiger partial charge in [0, 0.05) is 18.4 Å². The Balaban J connectivity index is 1.40. The molecule has 3 aromatic rings. The zero-order chi connectivity index (χ0) is 22.9. The van der Waals surface area contributed by atoms with Crippen LogP contribution in [0.5, 0.6) is 5.75 Å².